The van der Waals surface area contributed by atoms with Gasteiger partial charge in [-0.05, 0) is 30.5 Å². The van der Waals surface area contributed by atoms with Crippen molar-refractivity contribution in [2.24, 2.45) is 0 Å². The van der Waals surface area contributed by atoms with E-state index < -0.39 is 0 Å². The molecule has 0 aliphatic carbocycles. The second kappa shape index (κ2) is 8.04. The maximum absolute atomic E-state index is 10.6. The first-order chi connectivity index (χ1) is 12.7. The lowest BCUT2D eigenvalue weighted by molar-refractivity contribution is -0.110. The van der Waals surface area contributed by atoms with Crippen LogP contribution in [0.2, 0.25) is 5.28 Å². The molecular formula is C17H22ClN5O2S. The van der Waals surface area contributed by atoms with E-state index in [0.717, 1.165) is 68.0 Å². The van der Waals surface area contributed by atoms with Crippen molar-refractivity contribution in [3.05, 3.63) is 16.2 Å². The number of halogens is 1. The van der Waals surface area contributed by atoms with Gasteiger partial charge in [0.15, 0.2) is 5.82 Å². The van der Waals surface area contributed by atoms with Crippen molar-refractivity contribution >= 4 is 45.4 Å². The molecule has 1 N–H and O–H groups in total. The number of rotatable bonds is 5. The number of carbonyl (C=O) groups is 1. The molecule has 2 fully saturated rings. The molecule has 1 amide bonds. The Bertz CT molecular complexity index is 772. The van der Waals surface area contributed by atoms with Crippen LogP contribution in [0.25, 0.3) is 10.2 Å². The lowest BCUT2D eigenvalue weighted by Gasteiger charge is -2.31. The molecule has 0 atom stereocenters. The van der Waals surface area contributed by atoms with Gasteiger partial charge < -0.3 is 15.0 Å². The van der Waals surface area contributed by atoms with E-state index in [2.05, 4.69) is 31.2 Å². The Kier molecular flexibility index (Phi) is 5.54. The number of carbonyl (C=O) groups excluding carboxylic acids is 1. The van der Waals surface area contributed by atoms with Crippen molar-refractivity contribution in [2.45, 2.75) is 25.4 Å². The zero-order valence-corrected chi connectivity index (χ0v) is 16.1. The first-order valence-electron chi connectivity index (χ1n) is 8.93. The Labute approximate surface area is 161 Å². The fourth-order valence-electron chi connectivity index (χ4n) is 3.58. The number of hydrogen-bond acceptors (Lipinski definition) is 7. The van der Waals surface area contributed by atoms with Crippen LogP contribution in [0.5, 0.6) is 0 Å². The molecule has 4 rings (SSSR count). The van der Waals surface area contributed by atoms with E-state index in [-0.39, 0.29) is 0 Å². The maximum Gasteiger partial charge on any atom is 0.224 e. The summed E-state index contributed by atoms with van der Waals surface area (Å²) in [5.74, 6) is 0.924. The van der Waals surface area contributed by atoms with Crippen molar-refractivity contribution in [1.82, 2.24) is 20.2 Å². The number of piperidine rings is 1. The first-order valence-corrected chi connectivity index (χ1v) is 10.1. The number of nitrogens with zero attached hydrogens (tertiary/aromatic N) is 4. The van der Waals surface area contributed by atoms with E-state index in [1.165, 1.54) is 4.88 Å². The summed E-state index contributed by atoms with van der Waals surface area (Å²) in [6, 6.07) is 2.44. The van der Waals surface area contributed by atoms with E-state index in [9.17, 15) is 4.79 Å². The number of fused-ring (bicyclic) bond motifs is 1. The zero-order valence-electron chi connectivity index (χ0n) is 14.5. The van der Waals surface area contributed by atoms with Crippen LogP contribution in [0.15, 0.2) is 6.07 Å². The second-order valence-corrected chi connectivity index (χ2v) is 8.15. The smallest absolute Gasteiger partial charge is 0.224 e. The minimum atomic E-state index is 0.295. The van der Waals surface area contributed by atoms with Gasteiger partial charge in [-0.2, -0.15) is 4.98 Å². The normalized spacial score (nSPS) is 19.8. The summed E-state index contributed by atoms with van der Waals surface area (Å²) in [4.78, 5) is 25.4. The van der Waals surface area contributed by atoms with Crippen molar-refractivity contribution in [3.63, 3.8) is 0 Å². The zero-order chi connectivity index (χ0) is 17.9. The molecule has 26 heavy (non-hydrogen) atoms. The van der Waals surface area contributed by atoms with Gasteiger partial charge >= 0.3 is 0 Å². The topological polar surface area (TPSA) is 70.6 Å². The van der Waals surface area contributed by atoms with Gasteiger partial charge in [0, 0.05) is 43.6 Å². The molecule has 0 bridgehead atoms. The fourth-order valence-corrected chi connectivity index (χ4v) is 4.90. The van der Waals surface area contributed by atoms with E-state index >= 15 is 0 Å². The Morgan fingerprint density at radius 1 is 1.27 bits per heavy atom. The summed E-state index contributed by atoms with van der Waals surface area (Å²) in [6.45, 7) is 5.95. The van der Waals surface area contributed by atoms with Gasteiger partial charge in [-0.25, -0.2) is 4.98 Å². The number of nitrogens with one attached hydrogen (secondary N) is 1. The Balaban J connectivity index is 1.51. The van der Waals surface area contributed by atoms with E-state index in [1.807, 2.05) is 0 Å². The number of anilines is 1. The molecule has 2 aromatic rings. The number of ether oxygens (including phenoxy) is 1. The predicted molar refractivity (Wildman–Crippen MR) is 103 cm³/mol. The molecule has 2 aromatic heterocycles. The van der Waals surface area contributed by atoms with Crippen molar-refractivity contribution in [2.75, 3.05) is 44.3 Å². The molecule has 0 saturated carbocycles. The number of thiophene rings is 1. The minimum Gasteiger partial charge on any atom is -0.378 e. The van der Waals surface area contributed by atoms with Gasteiger partial charge in [0.2, 0.25) is 11.7 Å². The lowest BCUT2D eigenvalue weighted by Crippen LogP contribution is -2.41. The van der Waals surface area contributed by atoms with Gasteiger partial charge in [0.05, 0.1) is 23.4 Å². The average Bonchev–Trinajstić information content (AvgIpc) is 3.05. The SMILES string of the molecule is O=CNC1CCN(Cc2cc3nc(Cl)nc(N4CCOCC4)c3s2)CC1. The third-order valence-electron chi connectivity index (χ3n) is 4.96. The Morgan fingerprint density at radius 3 is 2.77 bits per heavy atom. The van der Waals surface area contributed by atoms with Crippen LogP contribution < -0.4 is 10.2 Å². The first kappa shape index (κ1) is 17.9. The molecule has 140 valence electrons. The standard InChI is InChI=1S/C17H22ClN5O2S/c18-17-20-14-9-13(10-22-3-1-12(2-4-22)19-11-24)26-15(14)16(21-17)23-5-7-25-8-6-23/h9,11-12H,1-8,10H2,(H,19,24). The number of amides is 1. The lowest BCUT2D eigenvalue weighted by atomic mass is 10.1. The van der Waals surface area contributed by atoms with Crippen LogP contribution in [0, 0.1) is 0 Å². The molecule has 0 unspecified atom stereocenters. The Hall–Kier alpha value is -1.48. The quantitative estimate of drug-likeness (QED) is 0.615. The highest BCUT2D eigenvalue weighted by Crippen LogP contribution is 2.34. The third kappa shape index (κ3) is 3.93. The molecule has 4 heterocycles. The largest absolute Gasteiger partial charge is 0.378 e. The molecule has 2 aliphatic rings. The number of likely N-dealkylation sites (tertiary alicyclic amines) is 1. The fraction of sp³-hybridized carbons (Fsp3) is 0.588. The van der Waals surface area contributed by atoms with Gasteiger partial charge in [-0.1, -0.05) is 0 Å². The van der Waals surface area contributed by atoms with Crippen LogP contribution in [0.1, 0.15) is 17.7 Å². The minimum absolute atomic E-state index is 0.295. The molecule has 2 aliphatic heterocycles. The molecule has 2 saturated heterocycles. The highest BCUT2D eigenvalue weighted by atomic mass is 35.5. The summed E-state index contributed by atoms with van der Waals surface area (Å²) in [5.41, 5.74) is 0.920. The summed E-state index contributed by atoms with van der Waals surface area (Å²) in [5, 5.41) is 3.18. The summed E-state index contributed by atoms with van der Waals surface area (Å²) >= 11 is 7.92. The monoisotopic (exact) mass is 395 g/mol. The van der Waals surface area contributed by atoms with Crippen molar-refractivity contribution < 1.29 is 9.53 Å². The summed E-state index contributed by atoms with van der Waals surface area (Å²) in [7, 11) is 0. The van der Waals surface area contributed by atoms with Gasteiger partial charge in [0.25, 0.3) is 0 Å². The molecule has 0 radical (unpaired) electrons. The van der Waals surface area contributed by atoms with E-state index in [4.69, 9.17) is 16.3 Å². The maximum atomic E-state index is 10.6. The van der Waals surface area contributed by atoms with Crippen molar-refractivity contribution in [3.8, 4) is 0 Å². The molecule has 9 heteroatoms. The van der Waals surface area contributed by atoms with Crippen LogP contribution >= 0.6 is 22.9 Å². The second-order valence-electron chi connectivity index (χ2n) is 6.68. The molecular weight excluding hydrogens is 374 g/mol. The number of morpholine rings is 1. The van der Waals surface area contributed by atoms with Gasteiger partial charge in [-0.15, -0.1) is 11.3 Å². The highest BCUT2D eigenvalue weighted by molar-refractivity contribution is 7.19. The summed E-state index contributed by atoms with van der Waals surface area (Å²) < 4.78 is 6.55. The van der Waals surface area contributed by atoms with Crippen LogP contribution in [-0.2, 0) is 16.1 Å². The molecule has 7 nitrogen and oxygen atoms in total. The highest BCUT2D eigenvalue weighted by Gasteiger charge is 2.22. The van der Waals surface area contributed by atoms with Gasteiger partial charge in [-0.3, -0.25) is 9.69 Å². The number of aromatic nitrogens is 2. The predicted octanol–water partition coefficient (Wildman–Crippen LogP) is 1.89. The molecule has 0 aromatic carbocycles. The number of hydrogen-bond donors (Lipinski definition) is 1. The third-order valence-corrected chi connectivity index (χ3v) is 6.23. The van der Waals surface area contributed by atoms with Gasteiger partial charge in [0.1, 0.15) is 0 Å². The molecule has 0 spiro atoms. The van der Waals surface area contributed by atoms with Crippen LogP contribution in [0.4, 0.5) is 5.82 Å². The summed E-state index contributed by atoms with van der Waals surface area (Å²) in [6.07, 6.45) is 2.80. The van der Waals surface area contributed by atoms with Crippen molar-refractivity contribution in [1.29, 1.82) is 0 Å². The average molecular weight is 396 g/mol. The van der Waals surface area contributed by atoms with E-state index in [1.54, 1.807) is 11.3 Å². The van der Waals surface area contributed by atoms with Crippen LogP contribution in [0.3, 0.4) is 0 Å². The van der Waals surface area contributed by atoms with E-state index in [0.29, 0.717) is 24.5 Å². The Morgan fingerprint density at radius 2 is 2.04 bits per heavy atom. The van der Waals surface area contributed by atoms with Crippen LogP contribution in [-0.4, -0.2) is 66.7 Å².